The van der Waals surface area contributed by atoms with Gasteiger partial charge in [-0.1, -0.05) is 0 Å². The Morgan fingerprint density at radius 1 is 1.53 bits per heavy atom. The molecule has 15 heavy (non-hydrogen) atoms. The van der Waals surface area contributed by atoms with Crippen LogP contribution in [0.15, 0.2) is 15.9 Å². The highest BCUT2D eigenvalue weighted by atomic mass is 32.1. The molecular formula is C10H9NO3S. The zero-order valence-electron chi connectivity index (χ0n) is 8.27. The molecule has 0 aliphatic carbocycles. The molecule has 0 spiro atoms. The Balaban J connectivity index is 2.46. The molecule has 0 saturated carbocycles. The lowest BCUT2D eigenvalue weighted by atomic mass is 10.3. The van der Waals surface area contributed by atoms with Gasteiger partial charge in [-0.2, -0.15) is 0 Å². The number of carboxylic acids is 1. The maximum Gasteiger partial charge on any atom is 0.373 e. The monoisotopic (exact) mass is 223 g/mol. The summed E-state index contributed by atoms with van der Waals surface area (Å²) in [6, 6.07) is 1.92. The van der Waals surface area contributed by atoms with E-state index in [2.05, 4.69) is 4.98 Å². The maximum absolute atomic E-state index is 10.7. The summed E-state index contributed by atoms with van der Waals surface area (Å²) >= 11 is 1.58. The number of oxazole rings is 1. The van der Waals surface area contributed by atoms with Crippen LogP contribution in [-0.4, -0.2) is 16.1 Å². The van der Waals surface area contributed by atoms with Gasteiger partial charge in [-0.25, -0.2) is 9.78 Å². The van der Waals surface area contributed by atoms with Crippen molar-refractivity contribution in [2.75, 3.05) is 0 Å². The summed E-state index contributed by atoms with van der Waals surface area (Å²) in [4.78, 5) is 16.0. The zero-order chi connectivity index (χ0) is 11.0. The predicted octanol–water partition coefficient (Wildman–Crippen LogP) is 2.72. The average molecular weight is 223 g/mol. The molecule has 0 bridgehead atoms. The maximum atomic E-state index is 10.7. The van der Waals surface area contributed by atoms with Gasteiger partial charge in [-0.15, -0.1) is 11.3 Å². The lowest BCUT2D eigenvalue weighted by molar-refractivity contribution is 0.0662. The van der Waals surface area contributed by atoms with Crippen LogP contribution in [-0.2, 0) is 0 Å². The van der Waals surface area contributed by atoms with Crippen molar-refractivity contribution in [1.82, 2.24) is 4.98 Å². The first kappa shape index (κ1) is 9.92. The minimum absolute atomic E-state index is 0.0890. The Kier molecular flexibility index (Phi) is 2.32. The second-order valence-electron chi connectivity index (χ2n) is 3.18. The largest absolute Gasteiger partial charge is 0.475 e. The van der Waals surface area contributed by atoms with Gasteiger partial charge in [0.2, 0.25) is 11.7 Å². The summed E-state index contributed by atoms with van der Waals surface area (Å²) in [5, 5.41) is 10.7. The molecule has 0 amide bonds. The van der Waals surface area contributed by atoms with E-state index in [1.54, 1.807) is 18.3 Å². The molecule has 78 valence electrons. The Bertz CT molecular complexity index is 512. The number of thiophene rings is 1. The molecule has 5 heteroatoms. The highest BCUT2D eigenvalue weighted by Crippen LogP contribution is 2.26. The van der Waals surface area contributed by atoms with Gasteiger partial charge in [-0.3, -0.25) is 0 Å². The summed E-state index contributed by atoms with van der Waals surface area (Å²) in [5.41, 5.74) is 1.23. The summed E-state index contributed by atoms with van der Waals surface area (Å²) < 4.78 is 5.17. The topological polar surface area (TPSA) is 63.3 Å². The summed E-state index contributed by atoms with van der Waals surface area (Å²) in [6.07, 6.45) is 0. The molecular weight excluding hydrogens is 214 g/mol. The first-order valence-electron chi connectivity index (χ1n) is 4.34. The van der Waals surface area contributed by atoms with Crippen LogP contribution in [0.3, 0.4) is 0 Å². The van der Waals surface area contributed by atoms with E-state index in [4.69, 9.17) is 9.52 Å². The van der Waals surface area contributed by atoms with Crippen LogP contribution in [0.2, 0.25) is 0 Å². The fraction of sp³-hybridized carbons (Fsp3) is 0.200. The minimum atomic E-state index is -1.08. The van der Waals surface area contributed by atoms with E-state index in [-0.39, 0.29) is 5.76 Å². The molecule has 0 radical (unpaired) electrons. The third-order valence-corrected chi connectivity index (χ3v) is 2.83. The summed E-state index contributed by atoms with van der Waals surface area (Å²) in [7, 11) is 0. The normalized spacial score (nSPS) is 10.5. The number of carboxylic acid groups (broad SMARTS) is 1. The molecule has 1 N–H and O–H groups in total. The van der Waals surface area contributed by atoms with Gasteiger partial charge < -0.3 is 9.52 Å². The molecule has 2 heterocycles. The van der Waals surface area contributed by atoms with Crippen molar-refractivity contribution in [2.24, 2.45) is 0 Å². The minimum Gasteiger partial charge on any atom is -0.475 e. The van der Waals surface area contributed by atoms with E-state index < -0.39 is 5.97 Å². The first-order chi connectivity index (χ1) is 7.08. The van der Waals surface area contributed by atoms with Crippen molar-refractivity contribution in [1.29, 1.82) is 0 Å². The van der Waals surface area contributed by atoms with Gasteiger partial charge in [0, 0.05) is 15.8 Å². The summed E-state index contributed by atoms with van der Waals surface area (Å²) in [5.74, 6) is -0.804. The van der Waals surface area contributed by atoms with Crippen LogP contribution >= 0.6 is 11.3 Å². The van der Waals surface area contributed by atoms with Crippen molar-refractivity contribution >= 4 is 17.3 Å². The van der Waals surface area contributed by atoms with E-state index in [1.165, 1.54) is 0 Å². The Morgan fingerprint density at radius 2 is 2.27 bits per heavy atom. The lowest BCUT2D eigenvalue weighted by Gasteiger charge is -1.87. The number of aromatic nitrogens is 1. The molecule has 0 unspecified atom stereocenters. The van der Waals surface area contributed by atoms with E-state index >= 15 is 0 Å². The Hall–Kier alpha value is -1.62. The van der Waals surface area contributed by atoms with Gasteiger partial charge in [0.1, 0.15) is 0 Å². The quantitative estimate of drug-likeness (QED) is 0.850. The SMILES string of the molecule is Cc1cc(-c2nc(C)c(C(=O)O)o2)cs1. The van der Waals surface area contributed by atoms with Crippen LogP contribution in [0.5, 0.6) is 0 Å². The highest BCUT2D eigenvalue weighted by Gasteiger charge is 2.17. The van der Waals surface area contributed by atoms with E-state index in [9.17, 15) is 4.79 Å². The van der Waals surface area contributed by atoms with Crippen molar-refractivity contribution in [3.05, 3.63) is 27.8 Å². The van der Waals surface area contributed by atoms with Crippen molar-refractivity contribution in [3.8, 4) is 11.5 Å². The molecule has 0 atom stereocenters. The molecule has 0 fully saturated rings. The Morgan fingerprint density at radius 3 is 2.73 bits per heavy atom. The zero-order valence-corrected chi connectivity index (χ0v) is 9.09. The lowest BCUT2D eigenvalue weighted by Crippen LogP contribution is -1.95. The molecule has 0 aromatic carbocycles. The number of hydrogen-bond donors (Lipinski definition) is 1. The average Bonchev–Trinajstić information content (AvgIpc) is 2.71. The fourth-order valence-corrected chi connectivity index (χ4v) is 1.95. The molecule has 2 rings (SSSR count). The second kappa shape index (κ2) is 3.51. The van der Waals surface area contributed by atoms with Crippen molar-refractivity contribution in [3.63, 3.8) is 0 Å². The molecule has 0 saturated heterocycles. The number of aryl methyl sites for hydroxylation is 2. The van der Waals surface area contributed by atoms with Crippen LogP contribution in [0.1, 0.15) is 21.1 Å². The summed E-state index contributed by atoms with van der Waals surface area (Å²) in [6.45, 7) is 3.59. The Labute approximate surface area is 90.2 Å². The smallest absolute Gasteiger partial charge is 0.373 e. The van der Waals surface area contributed by atoms with E-state index in [0.717, 1.165) is 10.4 Å². The van der Waals surface area contributed by atoms with Gasteiger partial charge in [-0.05, 0) is 19.9 Å². The molecule has 2 aromatic rings. The number of carbonyl (C=O) groups is 1. The van der Waals surface area contributed by atoms with Gasteiger partial charge in [0.25, 0.3) is 0 Å². The highest BCUT2D eigenvalue weighted by molar-refractivity contribution is 7.10. The van der Waals surface area contributed by atoms with Gasteiger partial charge >= 0.3 is 5.97 Å². The number of rotatable bonds is 2. The van der Waals surface area contributed by atoms with Crippen LogP contribution < -0.4 is 0 Å². The van der Waals surface area contributed by atoms with Gasteiger partial charge in [0.15, 0.2) is 0 Å². The fourth-order valence-electron chi connectivity index (χ4n) is 1.27. The van der Waals surface area contributed by atoms with Crippen molar-refractivity contribution in [2.45, 2.75) is 13.8 Å². The predicted molar refractivity (Wildman–Crippen MR) is 56.2 cm³/mol. The molecule has 0 aliphatic rings. The molecule has 2 aromatic heterocycles. The van der Waals surface area contributed by atoms with E-state index in [0.29, 0.717) is 11.6 Å². The number of nitrogens with zero attached hydrogens (tertiary/aromatic N) is 1. The van der Waals surface area contributed by atoms with Crippen LogP contribution in [0.4, 0.5) is 0 Å². The van der Waals surface area contributed by atoms with E-state index in [1.807, 2.05) is 18.4 Å². The number of aromatic carboxylic acids is 1. The standard InChI is InChI=1S/C10H9NO3S/c1-5-3-7(4-15-5)9-11-6(2)8(14-9)10(12)13/h3-4H,1-2H3,(H,12,13). The molecule has 0 aliphatic heterocycles. The third kappa shape index (κ3) is 1.78. The van der Waals surface area contributed by atoms with Crippen molar-refractivity contribution < 1.29 is 14.3 Å². The second-order valence-corrected chi connectivity index (χ2v) is 4.30. The van der Waals surface area contributed by atoms with Crippen LogP contribution in [0.25, 0.3) is 11.5 Å². The third-order valence-electron chi connectivity index (χ3n) is 1.97. The first-order valence-corrected chi connectivity index (χ1v) is 5.22. The molecule has 4 nitrogen and oxygen atoms in total. The van der Waals surface area contributed by atoms with Gasteiger partial charge in [0.05, 0.1) is 5.69 Å². The van der Waals surface area contributed by atoms with Crippen LogP contribution in [0, 0.1) is 13.8 Å². The number of hydrogen-bond acceptors (Lipinski definition) is 4.